The molecule has 0 radical (unpaired) electrons. The van der Waals surface area contributed by atoms with E-state index in [1.807, 2.05) is 37.3 Å². The Morgan fingerprint density at radius 1 is 1.24 bits per heavy atom. The van der Waals surface area contributed by atoms with Crippen LogP contribution in [0.2, 0.25) is 0 Å². The van der Waals surface area contributed by atoms with Gasteiger partial charge in [-0.1, -0.05) is 30.4 Å². The number of allylic oxidation sites excluding steroid dienone is 6. The molecule has 3 nitrogen and oxygen atoms in total. The van der Waals surface area contributed by atoms with E-state index in [0.717, 1.165) is 64.9 Å². The third-order valence-corrected chi connectivity index (χ3v) is 4.77. The molecule has 0 fully saturated rings. The van der Waals surface area contributed by atoms with E-state index in [9.17, 15) is 4.79 Å². The fourth-order valence-corrected chi connectivity index (χ4v) is 3.42. The largest absolute Gasteiger partial charge is 0.477 e. The summed E-state index contributed by atoms with van der Waals surface area (Å²) in [5.74, 6) is 0.907. The normalized spacial score (nSPS) is 16.1. The van der Waals surface area contributed by atoms with Gasteiger partial charge in [0.15, 0.2) is 5.78 Å². The molecule has 126 valence electrons. The molecule has 2 aliphatic rings. The van der Waals surface area contributed by atoms with Crippen LogP contribution in [0.25, 0.3) is 10.9 Å². The lowest BCUT2D eigenvalue weighted by molar-refractivity contribution is 0.0993. The predicted molar refractivity (Wildman–Crippen MR) is 100 cm³/mol. The Hall–Kier alpha value is -2.68. The van der Waals surface area contributed by atoms with Crippen LogP contribution < -0.4 is 4.74 Å². The van der Waals surface area contributed by atoms with Crippen molar-refractivity contribution in [1.82, 2.24) is 4.98 Å². The minimum Gasteiger partial charge on any atom is -0.477 e. The van der Waals surface area contributed by atoms with Crippen LogP contribution in [0.15, 0.2) is 54.2 Å². The van der Waals surface area contributed by atoms with Gasteiger partial charge in [-0.2, -0.15) is 0 Å². The molecule has 0 spiro atoms. The molecule has 25 heavy (non-hydrogen) atoms. The van der Waals surface area contributed by atoms with Crippen molar-refractivity contribution in [2.24, 2.45) is 0 Å². The van der Waals surface area contributed by atoms with Crippen molar-refractivity contribution in [3.63, 3.8) is 0 Å². The lowest BCUT2D eigenvalue weighted by atomic mass is 9.96. The zero-order chi connectivity index (χ0) is 17.2. The van der Waals surface area contributed by atoms with Crippen LogP contribution in [-0.4, -0.2) is 17.4 Å². The number of pyridine rings is 1. The van der Waals surface area contributed by atoms with Crippen molar-refractivity contribution in [3.8, 4) is 5.88 Å². The highest BCUT2D eigenvalue weighted by Crippen LogP contribution is 2.29. The Balaban J connectivity index is 1.68. The summed E-state index contributed by atoms with van der Waals surface area (Å²) in [6.07, 6.45) is 13.6. The number of ether oxygens (including phenoxy) is 1. The van der Waals surface area contributed by atoms with Gasteiger partial charge in [-0.05, 0) is 55.5 Å². The van der Waals surface area contributed by atoms with Crippen molar-refractivity contribution in [2.45, 2.75) is 32.6 Å². The molecule has 2 heterocycles. The fraction of sp³-hybridized carbons (Fsp3) is 0.273. The van der Waals surface area contributed by atoms with E-state index >= 15 is 0 Å². The Kier molecular flexibility index (Phi) is 4.22. The summed E-state index contributed by atoms with van der Waals surface area (Å²) >= 11 is 0. The molecule has 1 aliphatic heterocycles. The number of fused-ring (bicyclic) bond motifs is 2. The van der Waals surface area contributed by atoms with E-state index in [4.69, 9.17) is 4.74 Å². The third-order valence-electron chi connectivity index (χ3n) is 4.77. The average Bonchev–Trinajstić information content (AvgIpc) is 2.88. The molecular formula is C22H21NO2. The van der Waals surface area contributed by atoms with Crippen LogP contribution in [0, 0.1) is 6.92 Å². The summed E-state index contributed by atoms with van der Waals surface area (Å²) in [6, 6.07) is 6.12. The maximum atomic E-state index is 12.8. The highest BCUT2D eigenvalue weighted by molar-refractivity contribution is 6.02. The Bertz CT molecular complexity index is 935. The molecule has 1 aromatic carbocycles. The van der Waals surface area contributed by atoms with Gasteiger partial charge in [-0.3, -0.25) is 4.79 Å². The number of rotatable bonds is 3. The molecule has 1 aliphatic carbocycles. The summed E-state index contributed by atoms with van der Waals surface area (Å²) in [5, 5.41) is 1.02. The summed E-state index contributed by atoms with van der Waals surface area (Å²) in [6.45, 7) is 2.71. The van der Waals surface area contributed by atoms with E-state index < -0.39 is 0 Å². The van der Waals surface area contributed by atoms with Crippen LogP contribution in [0.3, 0.4) is 0 Å². The van der Waals surface area contributed by atoms with E-state index in [-0.39, 0.29) is 5.78 Å². The number of aryl methyl sites for hydroxylation is 2. The molecule has 0 N–H and O–H groups in total. The van der Waals surface area contributed by atoms with Crippen molar-refractivity contribution in [1.29, 1.82) is 0 Å². The molecule has 0 amide bonds. The summed E-state index contributed by atoms with van der Waals surface area (Å²) in [4.78, 5) is 17.5. The first kappa shape index (κ1) is 15.8. The average molecular weight is 331 g/mol. The van der Waals surface area contributed by atoms with Crippen LogP contribution in [0.5, 0.6) is 5.88 Å². The van der Waals surface area contributed by atoms with E-state index in [2.05, 4.69) is 23.2 Å². The van der Waals surface area contributed by atoms with Crippen LogP contribution in [-0.2, 0) is 6.42 Å². The minimum absolute atomic E-state index is 0.158. The first-order valence-corrected chi connectivity index (χ1v) is 8.83. The number of hydrogen-bond acceptors (Lipinski definition) is 3. The Morgan fingerprint density at radius 3 is 3.08 bits per heavy atom. The fourth-order valence-electron chi connectivity index (χ4n) is 3.42. The number of Topliss-reactive ketones (excluding diaryl/α,β-unsaturated/α-hetero) is 1. The van der Waals surface area contributed by atoms with Gasteiger partial charge in [-0.15, -0.1) is 0 Å². The standard InChI is InChI=1S/C22H21NO2/c1-15-11-20-18(13-17-9-6-10-25-22(17)23-20)14-19(15)21(24)12-16-7-4-2-3-5-8-16/h2-4,7-8,11,13-14H,5-6,9-10,12H2,1H3. The molecule has 0 atom stereocenters. The minimum atomic E-state index is 0.158. The topological polar surface area (TPSA) is 39.2 Å². The first-order valence-electron chi connectivity index (χ1n) is 8.83. The second-order valence-electron chi connectivity index (χ2n) is 6.67. The lowest BCUT2D eigenvalue weighted by Gasteiger charge is -2.17. The van der Waals surface area contributed by atoms with E-state index in [1.165, 1.54) is 0 Å². The lowest BCUT2D eigenvalue weighted by Crippen LogP contribution is -2.10. The number of carbonyl (C=O) groups excluding carboxylic acids is 1. The highest BCUT2D eigenvalue weighted by Gasteiger charge is 2.16. The third kappa shape index (κ3) is 3.27. The van der Waals surface area contributed by atoms with Gasteiger partial charge in [0, 0.05) is 22.9 Å². The molecule has 3 heteroatoms. The van der Waals surface area contributed by atoms with Crippen LogP contribution in [0.4, 0.5) is 0 Å². The van der Waals surface area contributed by atoms with Gasteiger partial charge in [0.2, 0.25) is 5.88 Å². The number of benzene rings is 1. The van der Waals surface area contributed by atoms with Crippen LogP contribution in [0.1, 0.15) is 40.7 Å². The van der Waals surface area contributed by atoms with Crippen molar-refractivity contribution >= 4 is 16.7 Å². The van der Waals surface area contributed by atoms with Crippen molar-refractivity contribution in [3.05, 3.63) is 70.8 Å². The molecule has 4 rings (SSSR count). The number of aromatic nitrogens is 1. The summed E-state index contributed by atoms with van der Waals surface area (Å²) in [5.41, 5.74) is 4.87. The van der Waals surface area contributed by atoms with E-state index in [0.29, 0.717) is 6.42 Å². The van der Waals surface area contributed by atoms with Gasteiger partial charge < -0.3 is 4.74 Å². The number of ketones is 1. The zero-order valence-corrected chi connectivity index (χ0v) is 14.4. The first-order chi connectivity index (χ1) is 12.2. The van der Waals surface area contributed by atoms with Crippen molar-refractivity contribution in [2.75, 3.05) is 6.61 Å². The zero-order valence-electron chi connectivity index (χ0n) is 14.4. The van der Waals surface area contributed by atoms with Gasteiger partial charge in [0.05, 0.1) is 12.1 Å². The Labute approximate surface area is 147 Å². The van der Waals surface area contributed by atoms with Gasteiger partial charge >= 0.3 is 0 Å². The van der Waals surface area contributed by atoms with Gasteiger partial charge in [0.1, 0.15) is 0 Å². The van der Waals surface area contributed by atoms with E-state index in [1.54, 1.807) is 0 Å². The molecule has 0 bridgehead atoms. The highest BCUT2D eigenvalue weighted by atomic mass is 16.5. The SMILES string of the molecule is Cc1cc2nc3c(cc2cc1C(=O)CC1=CCC=CC=C1)CCCO3. The maximum Gasteiger partial charge on any atom is 0.217 e. The quantitative estimate of drug-likeness (QED) is 0.752. The Morgan fingerprint density at radius 2 is 2.16 bits per heavy atom. The predicted octanol–water partition coefficient (Wildman–Crippen LogP) is 4.88. The number of hydrogen-bond donors (Lipinski definition) is 0. The van der Waals surface area contributed by atoms with Gasteiger partial charge in [0.25, 0.3) is 0 Å². The monoisotopic (exact) mass is 331 g/mol. The molecule has 0 unspecified atom stereocenters. The van der Waals surface area contributed by atoms with Crippen LogP contribution >= 0.6 is 0 Å². The molecule has 2 aromatic rings. The summed E-state index contributed by atoms with van der Waals surface area (Å²) < 4.78 is 5.66. The van der Waals surface area contributed by atoms with Gasteiger partial charge in [-0.25, -0.2) is 4.98 Å². The maximum absolute atomic E-state index is 12.8. The van der Waals surface area contributed by atoms with Crippen molar-refractivity contribution < 1.29 is 9.53 Å². The summed E-state index contributed by atoms with van der Waals surface area (Å²) in [7, 11) is 0. The second-order valence-corrected chi connectivity index (χ2v) is 6.67. The number of carbonyl (C=O) groups is 1. The second kappa shape index (κ2) is 6.67. The number of nitrogens with zero attached hydrogens (tertiary/aromatic N) is 1. The smallest absolute Gasteiger partial charge is 0.217 e. The molecule has 0 saturated carbocycles. The molecular weight excluding hydrogens is 310 g/mol. The molecule has 0 saturated heterocycles. The molecule has 1 aromatic heterocycles.